The van der Waals surface area contributed by atoms with Crippen molar-refractivity contribution in [2.45, 2.75) is 38.5 Å². The number of unbranched alkanes of at least 4 members (excludes halogenated alkanes) is 2. The molecule has 0 spiro atoms. The zero-order valence-electron chi connectivity index (χ0n) is 9.83. The van der Waals surface area contributed by atoms with Gasteiger partial charge in [-0.05, 0) is 64.1 Å². The molecule has 0 aliphatic carbocycles. The van der Waals surface area contributed by atoms with Crippen molar-refractivity contribution in [1.82, 2.24) is 4.90 Å². The fourth-order valence-corrected chi connectivity index (χ4v) is 2.45. The van der Waals surface area contributed by atoms with Gasteiger partial charge in [-0.3, -0.25) is 0 Å². The highest BCUT2D eigenvalue weighted by Crippen LogP contribution is 2.19. The number of nitrogens with two attached hydrogens (primary N) is 1. The van der Waals surface area contributed by atoms with Crippen molar-refractivity contribution in [3.05, 3.63) is 0 Å². The first-order valence-corrected chi connectivity index (χ1v) is 6.40. The Hall–Kier alpha value is -0.120. The highest BCUT2D eigenvalue weighted by molar-refractivity contribution is 4.73. The third-order valence-corrected chi connectivity index (χ3v) is 3.31. The number of likely N-dealkylation sites (tertiary alicyclic amines) is 1. The van der Waals surface area contributed by atoms with Gasteiger partial charge < -0.3 is 15.7 Å². The van der Waals surface area contributed by atoms with Gasteiger partial charge in [0.1, 0.15) is 0 Å². The third-order valence-electron chi connectivity index (χ3n) is 3.31. The van der Waals surface area contributed by atoms with Gasteiger partial charge >= 0.3 is 0 Å². The van der Waals surface area contributed by atoms with Crippen LogP contribution in [0.1, 0.15) is 38.5 Å². The molecule has 0 saturated carbocycles. The second kappa shape index (κ2) is 8.08. The Kier molecular flexibility index (Phi) is 6.98. The van der Waals surface area contributed by atoms with E-state index < -0.39 is 0 Å². The molecule has 15 heavy (non-hydrogen) atoms. The molecule has 3 nitrogen and oxygen atoms in total. The standard InChI is InChI=1S/C12H26N2O/c13-7-6-12-5-4-9-14(11-12)8-2-1-3-10-15/h12,15H,1-11,13H2. The topological polar surface area (TPSA) is 49.5 Å². The van der Waals surface area contributed by atoms with Crippen molar-refractivity contribution in [1.29, 1.82) is 0 Å². The minimum atomic E-state index is 0.343. The van der Waals surface area contributed by atoms with E-state index in [0.717, 1.165) is 25.3 Å². The first-order valence-electron chi connectivity index (χ1n) is 6.40. The molecular formula is C12H26N2O. The van der Waals surface area contributed by atoms with E-state index in [1.165, 1.54) is 45.3 Å². The molecule has 0 aromatic rings. The largest absolute Gasteiger partial charge is 0.396 e. The van der Waals surface area contributed by atoms with E-state index in [-0.39, 0.29) is 0 Å². The smallest absolute Gasteiger partial charge is 0.0431 e. The van der Waals surface area contributed by atoms with Crippen LogP contribution in [0.5, 0.6) is 0 Å². The van der Waals surface area contributed by atoms with E-state index in [0.29, 0.717) is 6.61 Å². The second-order valence-electron chi connectivity index (χ2n) is 4.67. The molecule has 0 aromatic carbocycles. The van der Waals surface area contributed by atoms with E-state index >= 15 is 0 Å². The van der Waals surface area contributed by atoms with Gasteiger partial charge in [0.15, 0.2) is 0 Å². The van der Waals surface area contributed by atoms with Crippen molar-refractivity contribution in [3.63, 3.8) is 0 Å². The fraction of sp³-hybridized carbons (Fsp3) is 1.00. The number of nitrogens with zero attached hydrogens (tertiary/aromatic N) is 1. The van der Waals surface area contributed by atoms with Gasteiger partial charge in [0.2, 0.25) is 0 Å². The molecule has 0 amide bonds. The summed E-state index contributed by atoms with van der Waals surface area (Å²) in [6, 6.07) is 0. The maximum atomic E-state index is 8.69. The third kappa shape index (κ3) is 5.50. The summed E-state index contributed by atoms with van der Waals surface area (Å²) in [7, 11) is 0. The Morgan fingerprint density at radius 1 is 1.27 bits per heavy atom. The van der Waals surface area contributed by atoms with Gasteiger partial charge in [0, 0.05) is 13.2 Å². The van der Waals surface area contributed by atoms with E-state index in [2.05, 4.69) is 4.90 Å². The Bertz CT molecular complexity index is 151. The Morgan fingerprint density at radius 3 is 2.87 bits per heavy atom. The van der Waals surface area contributed by atoms with E-state index in [9.17, 15) is 0 Å². The molecule has 1 atom stereocenters. The van der Waals surface area contributed by atoms with Gasteiger partial charge in [0.05, 0.1) is 0 Å². The molecule has 1 saturated heterocycles. The molecule has 1 unspecified atom stereocenters. The van der Waals surface area contributed by atoms with Crippen LogP contribution in [-0.2, 0) is 0 Å². The van der Waals surface area contributed by atoms with Crippen LogP contribution in [0.3, 0.4) is 0 Å². The van der Waals surface area contributed by atoms with Crippen LogP contribution >= 0.6 is 0 Å². The molecule has 3 heteroatoms. The minimum Gasteiger partial charge on any atom is -0.396 e. The lowest BCUT2D eigenvalue weighted by Crippen LogP contribution is -2.36. The molecule has 90 valence electrons. The number of aliphatic hydroxyl groups excluding tert-OH is 1. The number of rotatable bonds is 7. The summed E-state index contributed by atoms with van der Waals surface area (Å²) in [5, 5.41) is 8.69. The van der Waals surface area contributed by atoms with Crippen molar-refractivity contribution >= 4 is 0 Å². The maximum Gasteiger partial charge on any atom is 0.0431 e. The van der Waals surface area contributed by atoms with Gasteiger partial charge in [-0.2, -0.15) is 0 Å². The lowest BCUT2D eigenvalue weighted by atomic mass is 9.95. The normalized spacial score (nSPS) is 23.2. The summed E-state index contributed by atoms with van der Waals surface area (Å²) in [5.74, 6) is 0.835. The number of aliphatic hydroxyl groups is 1. The van der Waals surface area contributed by atoms with E-state index in [1.807, 2.05) is 0 Å². The number of hydrogen-bond donors (Lipinski definition) is 2. The second-order valence-corrected chi connectivity index (χ2v) is 4.67. The summed E-state index contributed by atoms with van der Waals surface area (Å²) >= 11 is 0. The minimum absolute atomic E-state index is 0.343. The predicted molar refractivity (Wildman–Crippen MR) is 63.8 cm³/mol. The van der Waals surface area contributed by atoms with Crippen LogP contribution in [0.2, 0.25) is 0 Å². The summed E-state index contributed by atoms with van der Waals surface area (Å²) in [5.41, 5.74) is 5.60. The quantitative estimate of drug-likeness (QED) is 0.626. The predicted octanol–water partition coefficient (Wildman–Crippen LogP) is 1.21. The lowest BCUT2D eigenvalue weighted by Gasteiger charge is -2.32. The van der Waals surface area contributed by atoms with E-state index in [1.54, 1.807) is 0 Å². The zero-order valence-corrected chi connectivity index (χ0v) is 9.83. The average molecular weight is 214 g/mol. The van der Waals surface area contributed by atoms with E-state index in [4.69, 9.17) is 10.8 Å². The summed E-state index contributed by atoms with van der Waals surface area (Å²) in [6.07, 6.45) is 7.24. The van der Waals surface area contributed by atoms with Gasteiger partial charge in [-0.1, -0.05) is 0 Å². The molecule has 0 bridgehead atoms. The summed E-state index contributed by atoms with van der Waals surface area (Å²) < 4.78 is 0. The number of hydrogen-bond acceptors (Lipinski definition) is 3. The molecule has 1 aliphatic heterocycles. The summed E-state index contributed by atoms with van der Waals surface area (Å²) in [6.45, 7) is 4.90. The molecule has 1 heterocycles. The monoisotopic (exact) mass is 214 g/mol. The van der Waals surface area contributed by atoms with Crippen molar-refractivity contribution < 1.29 is 5.11 Å². The highest BCUT2D eigenvalue weighted by Gasteiger charge is 2.18. The van der Waals surface area contributed by atoms with Crippen LogP contribution in [-0.4, -0.2) is 42.8 Å². The maximum absolute atomic E-state index is 8.69. The van der Waals surface area contributed by atoms with Crippen molar-refractivity contribution in [3.8, 4) is 0 Å². The molecular weight excluding hydrogens is 188 g/mol. The highest BCUT2D eigenvalue weighted by atomic mass is 16.2. The van der Waals surface area contributed by atoms with Crippen LogP contribution in [0.4, 0.5) is 0 Å². The van der Waals surface area contributed by atoms with Gasteiger partial charge in [-0.15, -0.1) is 0 Å². The first-order chi connectivity index (χ1) is 7.36. The fourth-order valence-electron chi connectivity index (χ4n) is 2.45. The van der Waals surface area contributed by atoms with Crippen LogP contribution in [0.15, 0.2) is 0 Å². The van der Waals surface area contributed by atoms with Gasteiger partial charge in [0.25, 0.3) is 0 Å². The Morgan fingerprint density at radius 2 is 2.13 bits per heavy atom. The number of piperidine rings is 1. The molecule has 3 N–H and O–H groups in total. The van der Waals surface area contributed by atoms with Crippen LogP contribution in [0, 0.1) is 5.92 Å². The average Bonchev–Trinajstić information content (AvgIpc) is 2.26. The van der Waals surface area contributed by atoms with Crippen molar-refractivity contribution in [2.24, 2.45) is 11.7 Å². The molecule has 1 fully saturated rings. The molecule has 0 radical (unpaired) electrons. The molecule has 1 rings (SSSR count). The lowest BCUT2D eigenvalue weighted by molar-refractivity contribution is 0.166. The zero-order chi connectivity index (χ0) is 10.9. The summed E-state index contributed by atoms with van der Waals surface area (Å²) in [4.78, 5) is 2.57. The van der Waals surface area contributed by atoms with Crippen molar-refractivity contribution in [2.75, 3.05) is 32.8 Å². The van der Waals surface area contributed by atoms with Gasteiger partial charge in [-0.25, -0.2) is 0 Å². The SMILES string of the molecule is NCCC1CCCN(CCCCCO)C1. The van der Waals surface area contributed by atoms with Crippen LogP contribution < -0.4 is 5.73 Å². The molecule has 1 aliphatic rings. The molecule has 0 aromatic heterocycles. The van der Waals surface area contributed by atoms with Crippen LogP contribution in [0.25, 0.3) is 0 Å². The Labute approximate surface area is 93.6 Å². The first kappa shape index (κ1) is 12.9. The Balaban J connectivity index is 2.07.